The van der Waals surface area contributed by atoms with E-state index in [0.717, 1.165) is 6.42 Å². The monoisotopic (exact) mass is 207 g/mol. The molecule has 0 aliphatic carbocycles. The number of aliphatic hydroxyl groups is 1. The van der Waals surface area contributed by atoms with Crippen molar-refractivity contribution in [3.8, 4) is 0 Å². The van der Waals surface area contributed by atoms with E-state index >= 15 is 0 Å². The van der Waals surface area contributed by atoms with Crippen LogP contribution < -0.4 is 5.32 Å². The van der Waals surface area contributed by atoms with Crippen molar-refractivity contribution in [1.29, 1.82) is 0 Å². The Labute approximate surface area is 87.5 Å². The van der Waals surface area contributed by atoms with Gasteiger partial charge in [0.25, 0.3) is 0 Å². The van der Waals surface area contributed by atoms with Gasteiger partial charge in [-0.15, -0.1) is 12.4 Å². The highest BCUT2D eigenvalue weighted by atomic mass is 35.5. The summed E-state index contributed by atoms with van der Waals surface area (Å²) in [5.41, 5.74) is 0.556. The summed E-state index contributed by atoms with van der Waals surface area (Å²) in [4.78, 5) is 0. The average Bonchev–Trinajstić information content (AvgIpc) is 2.06. The molecular formula is C10H22ClNO. The Bertz CT molecular complexity index is 124. The number of unbranched alkanes of at least 4 members (excludes halogenated alkanes) is 1. The van der Waals surface area contributed by atoms with Crippen molar-refractivity contribution < 1.29 is 5.11 Å². The summed E-state index contributed by atoms with van der Waals surface area (Å²) in [5, 5.41) is 12.0. The highest BCUT2D eigenvalue weighted by molar-refractivity contribution is 5.85. The van der Waals surface area contributed by atoms with E-state index in [4.69, 9.17) is 5.11 Å². The second-order valence-corrected chi connectivity index (χ2v) is 4.24. The normalized spacial score (nSPS) is 20.8. The summed E-state index contributed by atoms with van der Waals surface area (Å²) in [6, 6.07) is 0. The van der Waals surface area contributed by atoms with Crippen molar-refractivity contribution in [2.45, 2.75) is 39.0 Å². The van der Waals surface area contributed by atoms with Crippen LogP contribution in [0.2, 0.25) is 0 Å². The van der Waals surface area contributed by atoms with Gasteiger partial charge in [-0.1, -0.05) is 13.3 Å². The molecule has 13 heavy (non-hydrogen) atoms. The summed E-state index contributed by atoms with van der Waals surface area (Å²) >= 11 is 0. The summed E-state index contributed by atoms with van der Waals surface area (Å²) < 4.78 is 0. The molecule has 0 aromatic carbocycles. The topological polar surface area (TPSA) is 32.3 Å². The first-order chi connectivity index (χ1) is 5.77. The zero-order valence-corrected chi connectivity index (χ0v) is 9.33. The number of piperidine rings is 1. The van der Waals surface area contributed by atoms with Gasteiger partial charge in [0.2, 0.25) is 0 Å². The van der Waals surface area contributed by atoms with Gasteiger partial charge in [-0.2, -0.15) is 0 Å². The number of halogens is 1. The molecule has 0 aromatic rings. The molecule has 1 aliphatic heterocycles. The zero-order valence-electron chi connectivity index (χ0n) is 8.51. The van der Waals surface area contributed by atoms with E-state index in [0.29, 0.717) is 12.0 Å². The van der Waals surface area contributed by atoms with Crippen LogP contribution >= 0.6 is 12.4 Å². The Balaban J connectivity index is 0.00000144. The van der Waals surface area contributed by atoms with Gasteiger partial charge < -0.3 is 10.4 Å². The lowest BCUT2D eigenvalue weighted by atomic mass is 9.77. The summed E-state index contributed by atoms with van der Waals surface area (Å²) in [6.07, 6.45) is 6.06. The molecular weight excluding hydrogens is 186 g/mol. The number of hydrogen-bond acceptors (Lipinski definition) is 2. The zero-order chi connectivity index (χ0) is 8.86. The minimum absolute atomic E-state index is 0. The summed E-state index contributed by atoms with van der Waals surface area (Å²) in [7, 11) is 0. The molecule has 1 rings (SSSR count). The molecule has 1 saturated heterocycles. The molecule has 0 aromatic heterocycles. The van der Waals surface area contributed by atoms with Crippen molar-refractivity contribution in [1.82, 2.24) is 5.32 Å². The molecule has 3 heteroatoms. The van der Waals surface area contributed by atoms with Crippen LogP contribution in [-0.4, -0.2) is 24.8 Å². The van der Waals surface area contributed by atoms with Crippen LogP contribution in [0, 0.1) is 5.41 Å². The van der Waals surface area contributed by atoms with Gasteiger partial charge in [-0.3, -0.25) is 0 Å². The standard InChI is InChI=1S/C10H21NO.ClH/c1-10(4-2-3-9-12)5-7-11-8-6-10;/h11-12H,2-9H2,1H3;1H. The molecule has 0 amide bonds. The first-order valence-corrected chi connectivity index (χ1v) is 5.08. The lowest BCUT2D eigenvalue weighted by Gasteiger charge is -2.34. The minimum atomic E-state index is 0. The summed E-state index contributed by atoms with van der Waals surface area (Å²) in [6.45, 7) is 5.09. The number of nitrogens with one attached hydrogen (secondary N) is 1. The average molecular weight is 208 g/mol. The molecule has 1 fully saturated rings. The quantitative estimate of drug-likeness (QED) is 0.691. The fourth-order valence-electron chi connectivity index (χ4n) is 1.94. The van der Waals surface area contributed by atoms with Crippen LogP contribution in [0.4, 0.5) is 0 Å². The largest absolute Gasteiger partial charge is 0.396 e. The van der Waals surface area contributed by atoms with Crippen molar-refractivity contribution in [3.05, 3.63) is 0 Å². The maximum atomic E-state index is 8.67. The van der Waals surface area contributed by atoms with E-state index in [9.17, 15) is 0 Å². The Morgan fingerprint density at radius 1 is 1.23 bits per heavy atom. The molecule has 0 spiro atoms. The predicted octanol–water partition coefficient (Wildman–Crippen LogP) is 1.96. The number of rotatable bonds is 4. The van der Waals surface area contributed by atoms with E-state index in [1.807, 2.05) is 0 Å². The van der Waals surface area contributed by atoms with Gasteiger partial charge in [-0.25, -0.2) is 0 Å². The molecule has 1 heterocycles. The van der Waals surface area contributed by atoms with Crippen LogP contribution in [-0.2, 0) is 0 Å². The van der Waals surface area contributed by atoms with Crippen LogP contribution in [0.5, 0.6) is 0 Å². The maximum Gasteiger partial charge on any atom is 0.0431 e. The van der Waals surface area contributed by atoms with Crippen LogP contribution in [0.3, 0.4) is 0 Å². The second-order valence-electron chi connectivity index (χ2n) is 4.24. The lowest BCUT2D eigenvalue weighted by Crippen LogP contribution is -2.34. The Morgan fingerprint density at radius 3 is 2.38 bits per heavy atom. The van der Waals surface area contributed by atoms with Gasteiger partial charge in [0.15, 0.2) is 0 Å². The van der Waals surface area contributed by atoms with E-state index in [1.54, 1.807) is 0 Å². The molecule has 0 atom stereocenters. The SMILES string of the molecule is CC1(CCCCO)CCNCC1.Cl. The van der Waals surface area contributed by atoms with Crippen molar-refractivity contribution in [3.63, 3.8) is 0 Å². The number of aliphatic hydroxyl groups excluding tert-OH is 1. The smallest absolute Gasteiger partial charge is 0.0431 e. The first kappa shape index (κ1) is 13.2. The van der Waals surface area contributed by atoms with Gasteiger partial charge >= 0.3 is 0 Å². The molecule has 1 aliphatic rings. The Kier molecular flexibility index (Phi) is 6.74. The highest BCUT2D eigenvalue weighted by Crippen LogP contribution is 2.33. The van der Waals surface area contributed by atoms with Crippen LogP contribution in [0.1, 0.15) is 39.0 Å². The predicted molar refractivity (Wildman–Crippen MR) is 58.4 cm³/mol. The third-order valence-corrected chi connectivity index (χ3v) is 3.00. The number of hydrogen-bond donors (Lipinski definition) is 2. The van der Waals surface area contributed by atoms with E-state index in [2.05, 4.69) is 12.2 Å². The Morgan fingerprint density at radius 2 is 1.85 bits per heavy atom. The molecule has 0 radical (unpaired) electrons. The first-order valence-electron chi connectivity index (χ1n) is 5.08. The van der Waals surface area contributed by atoms with Crippen molar-refractivity contribution >= 4 is 12.4 Å². The van der Waals surface area contributed by atoms with Crippen LogP contribution in [0.15, 0.2) is 0 Å². The maximum absolute atomic E-state index is 8.67. The van der Waals surface area contributed by atoms with Gasteiger partial charge in [-0.05, 0) is 44.2 Å². The third-order valence-electron chi connectivity index (χ3n) is 3.00. The van der Waals surface area contributed by atoms with Crippen LogP contribution in [0.25, 0.3) is 0 Å². The molecule has 0 saturated carbocycles. The molecule has 0 bridgehead atoms. The molecule has 0 unspecified atom stereocenters. The lowest BCUT2D eigenvalue weighted by molar-refractivity contribution is 0.195. The fraction of sp³-hybridized carbons (Fsp3) is 1.00. The fourth-order valence-corrected chi connectivity index (χ4v) is 1.94. The minimum Gasteiger partial charge on any atom is -0.396 e. The van der Waals surface area contributed by atoms with E-state index < -0.39 is 0 Å². The summed E-state index contributed by atoms with van der Waals surface area (Å²) in [5.74, 6) is 0. The molecule has 2 nitrogen and oxygen atoms in total. The van der Waals surface area contributed by atoms with Gasteiger partial charge in [0, 0.05) is 6.61 Å². The van der Waals surface area contributed by atoms with Crippen molar-refractivity contribution in [2.75, 3.05) is 19.7 Å². The molecule has 2 N–H and O–H groups in total. The second kappa shape index (κ2) is 6.63. The third kappa shape index (κ3) is 4.84. The van der Waals surface area contributed by atoms with Crippen molar-refractivity contribution in [2.24, 2.45) is 5.41 Å². The van der Waals surface area contributed by atoms with E-state index in [-0.39, 0.29) is 12.4 Å². The Hall–Kier alpha value is 0.210. The molecule has 80 valence electrons. The van der Waals surface area contributed by atoms with Gasteiger partial charge in [0.05, 0.1) is 0 Å². The van der Waals surface area contributed by atoms with E-state index in [1.165, 1.54) is 38.8 Å². The van der Waals surface area contributed by atoms with Gasteiger partial charge in [0.1, 0.15) is 0 Å². The highest BCUT2D eigenvalue weighted by Gasteiger charge is 2.25.